The highest BCUT2D eigenvalue weighted by molar-refractivity contribution is 7.94. The van der Waals surface area contributed by atoms with E-state index in [2.05, 4.69) is 25.2 Å². The lowest BCUT2D eigenvalue weighted by atomic mass is 10.3. The Hall–Kier alpha value is -2.52. The molecule has 0 amide bonds. The third kappa shape index (κ3) is 4.52. The number of hydrogen-bond acceptors (Lipinski definition) is 7. The van der Waals surface area contributed by atoms with Gasteiger partial charge >= 0.3 is 0 Å². The first-order chi connectivity index (χ1) is 12.1. The third-order valence-corrected chi connectivity index (χ3v) is 6.43. The SMILES string of the molecule is CCc1ccc(S(=O)(=O)Nc2ccc(NCc3cccnc3)nn2)s1. The second-order valence-corrected chi connectivity index (χ2v) is 8.28. The van der Waals surface area contributed by atoms with Gasteiger partial charge < -0.3 is 5.32 Å². The zero-order valence-electron chi connectivity index (χ0n) is 13.5. The fourth-order valence-corrected chi connectivity index (χ4v) is 4.35. The van der Waals surface area contributed by atoms with E-state index in [0.717, 1.165) is 16.9 Å². The molecule has 0 radical (unpaired) electrons. The average Bonchev–Trinajstić information content (AvgIpc) is 3.12. The van der Waals surface area contributed by atoms with Crippen LogP contribution in [0.4, 0.5) is 11.6 Å². The van der Waals surface area contributed by atoms with Gasteiger partial charge in [-0.3, -0.25) is 9.71 Å². The van der Waals surface area contributed by atoms with Crippen molar-refractivity contribution in [3.05, 3.63) is 59.2 Å². The predicted molar refractivity (Wildman–Crippen MR) is 98.1 cm³/mol. The van der Waals surface area contributed by atoms with Crippen LogP contribution >= 0.6 is 11.3 Å². The Morgan fingerprint density at radius 2 is 1.88 bits per heavy atom. The lowest BCUT2D eigenvalue weighted by Gasteiger charge is -2.07. The van der Waals surface area contributed by atoms with Gasteiger partial charge in [0, 0.05) is 23.8 Å². The van der Waals surface area contributed by atoms with E-state index in [1.165, 1.54) is 11.3 Å². The molecule has 25 heavy (non-hydrogen) atoms. The lowest BCUT2D eigenvalue weighted by molar-refractivity contribution is 0.603. The molecule has 3 aromatic rings. The molecule has 0 fully saturated rings. The van der Waals surface area contributed by atoms with E-state index in [1.807, 2.05) is 25.1 Å². The number of nitrogens with one attached hydrogen (secondary N) is 2. The fourth-order valence-electron chi connectivity index (χ4n) is 2.06. The molecular formula is C16H17N5O2S2. The molecule has 0 atom stereocenters. The molecule has 130 valence electrons. The molecule has 0 aliphatic heterocycles. The number of pyridine rings is 1. The maximum Gasteiger partial charge on any atom is 0.272 e. The Morgan fingerprint density at radius 3 is 2.52 bits per heavy atom. The van der Waals surface area contributed by atoms with E-state index in [9.17, 15) is 8.42 Å². The van der Waals surface area contributed by atoms with Gasteiger partial charge in [-0.2, -0.15) is 0 Å². The van der Waals surface area contributed by atoms with Crippen molar-refractivity contribution >= 4 is 33.0 Å². The van der Waals surface area contributed by atoms with Crippen molar-refractivity contribution in [3.63, 3.8) is 0 Å². The first-order valence-corrected chi connectivity index (χ1v) is 9.95. The normalized spacial score (nSPS) is 11.2. The van der Waals surface area contributed by atoms with E-state index in [-0.39, 0.29) is 10.0 Å². The van der Waals surface area contributed by atoms with E-state index < -0.39 is 10.0 Å². The van der Waals surface area contributed by atoms with Gasteiger partial charge in [0.1, 0.15) is 10.0 Å². The van der Waals surface area contributed by atoms with Gasteiger partial charge in [-0.25, -0.2) is 8.42 Å². The number of hydrogen-bond donors (Lipinski definition) is 2. The molecular weight excluding hydrogens is 358 g/mol. The highest BCUT2D eigenvalue weighted by Gasteiger charge is 2.17. The van der Waals surface area contributed by atoms with E-state index >= 15 is 0 Å². The highest BCUT2D eigenvalue weighted by atomic mass is 32.2. The second-order valence-electron chi connectivity index (χ2n) is 5.20. The Morgan fingerprint density at radius 1 is 1.08 bits per heavy atom. The van der Waals surface area contributed by atoms with Crippen LogP contribution in [0.5, 0.6) is 0 Å². The van der Waals surface area contributed by atoms with Crippen LogP contribution in [0, 0.1) is 0 Å². The van der Waals surface area contributed by atoms with Crippen LogP contribution in [0.2, 0.25) is 0 Å². The fraction of sp³-hybridized carbons (Fsp3) is 0.188. The summed E-state index contributed by atoms with van der Waals surface area (Å²) in [6.45, 7) is 2.54. The van der Waals surface area contributed by atoms with Crippen molar-refractivity contribution in [2.45, 2.75) is 24.1 Å². The largest absolute Gasteiger partial charge is 0.364 e. The van der Waals surface area contributed by atoms with Crippen molar-refractivity contribution in [1.29, 1.82) is 0 Å². The molecule has 3 heterocycles. The first kappa shape index (κ1) is 17.3. The van der Waals surface area contributed by atoms with Crippen LogP contribution in [-0.2, 0) is 23.0 Å². The quantitative estimate of drug-likeness (QED) is 0.659. The van der Waals surface area contributed by atoms with Crippen LogP contribution in [0.3, 0.4) is 0 Å². The van der Waals surface area contributed by atoms with Crippen molar-refractivity contribution in [3.8, 4) is 0 Å². The average molecular weight is 375 g/mol. The number of nitrogens with zero attached hydrogens (tertiary/aromatic N) is 3. The van der Waals surface area contributed by atoms with Crippen molar-refractivity contribution in [2.75, 3.05) is 10.0 Å². The zero-order chi connectivity index (χ0) is 17.7. The van der Waals surface area contributed by atoms with E-state index in [1.54, 1.807) is 30.6 Å². The van der Waals surface area contributed by atoms with Gasteiger partial charge in [-0.15, -0.1) is 21.5 Å². The smallest absolute Gasteiger partial charge is 0.272 e. The molecule has 2 N–H and O–H groups in total. The van der Waals surface area contributed by atoms with Crippen LogP contribution < -0.4 is 10.0 Å². The molecule has 0 aliphatic carbocycles. The number of aromatic nitrogens is 3. The summed E-state index contributed by atoms with van der Waals surface area (Å²) in [5.41, 5.74) is 1.01. The minimum Gasteiger partial charge on any atom is -0.364 e. The number of anilines is 2. The second kappa shape index (κ2) is 7.58. The third-order valence-electron chi connectivity index (χ3n) is 3.35. The molecule has 0 aliphatic rings. The summed E-state index contributed by atoms with van der Waals surface area (Å²) >= 11 is 1.25. The van der Waals surface area contributed by atoms with Crippen LogP contribution in [-0.4, -0.2) is 23.6 Å². The van der Waals surface area contributed by atoms with Gasteiger partial charge in [0.15, 0.2) is 5.82 Å². The maximum atomic E-state index is 12.3. The van der Waals surface area contributed by atoms with Crippen LogP contribution in [0.25, 0.3) is 0 Å². The van der Waals surface area contributed by atoms with Gasteiger partial charge in [0.25, 0.3) is 10.0 Å². The molecule has 0 bridgehead atoms. The van der Waals surface area contributed by atoms with Crippen molar-refractivity contribution in [1.82, 2.24) is 15.2 Å². The van der Waals surface area contributed by atoms with Gasteiger partial charge in [0.2, 0.25) is 0 Å². The number of aryl methyl sites for hydroxylation is 1. The monoisotopic (exact) mass is 375 g/mol. The minimum absolute atomic E-state index is 0.179. The highest BCUT2D eigenvalue weighted by Crippen LogP contribution is 2.23. The predicted octanol–water partition coefficient (Wildman–Crippen LogP) is 2.91. The van der Waals surface area contributed by atoms with Crippen LogP contribution in [0.15, 0.2) is 53.0 Å². The van der Waals surface area contributed by atoms with Gasteiger partial charge in [0.05, 0.1) is 0 Å². The van der Waals surface area contributed by atoms with Gasteiger partial charge in [-0.05, 0) is 42.3 Å². The van der Waals surface area contributed by atoms with Crippen LogP contribution in [0.1, 0.15) is 17.4 Å². The number of rotatable bonds is 7. The first-order valence-electron chi connectivity index (χ1n) is 7.65. The van der Waals surface area contributed by atoms with Crippen molar-refractivity contribution < 1.29 is 8.42 Å². The molecule has 0 unspecified atom stereocenters. The molecule has 9 heteroatoms. The number of thiophene rings is 1. The summed E-state index contributed by atoms with van der Waals surface area (Å²) < 4.78 is 27.4. The Balaban J connectivity index is 1.64. The standard InChI is InChI=1S/C16H17N5O2S2/c1-2-13-5-8-16(24-13)25(22,23)21-15-7-6-14(19-20-15)18-11-12-4-3-9-17-10-12/h3-10H,2,11H2,1H3,(H,18,19)(H,20,21). The molecule has 0 saturated carbocycles. The molecule has 0 aromatic carbocycles. The molecule has 3 aromatic heterocycles. The van der Waals surface area contributed by atoms with E-state index in [4.69, 9.17) is 0 Å². The Bertz CT molecular complexity index is 925. The zero-order valence-corrected chi connectivity index (χ0v) is 15.1. The van der Waals surface area contributed by atoms with Crippen molar-refractivity contribution in [2.24, 2.45) is 0 Å². The summed E-state index contributed by atoms with van der Waals surface area (Å²) in [6, 6.07) is 10.5. The summed E-state index contributed by atoms with van der Waals surface area (Å²) in [7, 11) is -3.63. The summed E-state index contributed by atoms with van der Waals surface area (Å²) in [4.78, 5) is 5.05. The maximum absolute atomic E-state index is 12.3. The van der Waals surface area contributed by atoms with E-state index in [0.29, 0.717) is 12.4 Å². The summed E-state index contributed by atoms with van der Waals surface area (Å²) in [6.07, 6.45) is 4.27. The molecule has 3 rings (SSSR count). The molecule has 0 spiro atoms. The summed E-state index contributed by atoms with van der Waals surface area (Å²) in [5.74, 6) is 0.731. The minimum atomic E-state index is -3.63. The topological polar surface area (TPSA) is 96.9 Å². The number of sulfonamides is 1. The Labute approximate surface area is 150 Å². The summed E-state index contributed by atoms with van der Waals surface area (Å²) in [5, 5.41) is 11.0. The Kier molecular flexibility index (Phi) is 5.25. The molecule has 0 saturated heterocycles. The molecule has 7 nitrogen and oxygen atoms in total. The van der Waals surface area contributed by atoms with Gasteiger partial charge in [-0.1, -0.05) is 13.0 Å². The lowest BCUT2D eigenvalue weighted by Crippen LogP contribution is -2.13.